The predicted octanol–water partition coefficient (Wildman–Crippen LogP) is 2.10. The largest absolute Gasteiger partial charge is 0.497 e. The molecule has 0 spiro atoms. The zero-order valence-electron chi connectivity index (χ0n) is 12.1. The second kappa shape index (κ2) is 7.23. The summed E-state index contributed by atoms with van der Waals surface area (Å²) in [5.74, 6) is 1.82. The van der Waals surface area contributed by atoms with Crippen molar-refractivity contribution in [3.8, 4) is 5.75 Å². The van der Waals surface area contributed by atoms with Gasteiger partial charge in [0.25, 0.3) is 0 Å². The Morgan fingerprint density at radius 1 is 1.10 bits per heavy atom. The van der Waals surface area contributed by atoms with Crippen LogP contribution in [0.5, 0.6) is 5.75 Å². The fourth-order valence-electron chi connectivity index (χ4n) is 1.80. The molecule has 0 aliphatic heterocycles. The van der Waals surface area contributed by atoms with E-state index in [9.17, 15) is 4.79 Å². The van der Waals surface area contributed by atoms with Gasteiger partial charge in [0.2, 0.25) is 5.91 Å². The molecule has 110 valence electrons. The fraction of sp³-hybridized carbons (Fsp3) is 0.267. The maximum Gasteiger partial charge on any atom is 0.222 e. The highest BCUT2D eigenvalue weighted by atomic mass is 16.5. The van der Waals surface area contributed by atoms with E-state index in [-0.39, 0.29) is 5.91 Å². The molecule has 0 unspecified atom stereocenters. The van der Waals surface area contributed by atoms with E-state index in [4.69, 9.17) is 4.74 Å². The van der Waals surface area contributed by atoms with Crippen molar-refractivity contribution >= 4 is 17.5 Å². The molecule has 0 radical (unpaired) electrons. The summed E-state index contributed by atoms with van der Waals surface area (Å²) in [6.07, 6.45) is 0.874. The number of anilines is 2. The summed E-state index contributed by atoms with van der Waals surface area (Å²) in [5.41, 5.74) is 1.21. The van der Waals surface area contributed by atoms with Crippen LogP contribution in [-0.2, 0) is 11.2 Å². The highest BCUT2D eigenvalue weighted by Crippen LogP contribution is 2.12. The zero-order chi connectivity index (χ0) is 15.1. The fourth-order valence-corrected chi connectivity index (χ4v) is 1.80. The van der Waals surface area contributed by atoms with Crippen LogP contribution in [0.15, 0.2) is 36.4 Å². The molecule has 0 saturated heterocycles. The summed E-state index contributed by atoms with van der Waals surface area (Å²) in [5, 5.41) is 13.7. The monoisotopic (exact) mass is 286 g/mol. The van der Waals surface area contributed by atoms with E-state index in [1.807, 2.05) is 24.3 Å². The molecule has 0 atom stereocenters. The number of carbonyl (C=O) groups excluding carboxylic acids is 1. The first-order valence-electron chi connectivity index (χ1n) is 6.65. The summed E-state index contributed by atoms with van der Waals surface area (Å²) in [6, 6.07) is 11.4. The van der Waals surface area contributed by atoms with Crippen molar-refractivity contribution in [3.63, 3.8) is 0 Å². The van der Waals surface area contributed by atoms with Gasteiger partial charge in [0.15, 0.2) is 5.82 Å². The van der Waals surface area contributed by atoms with E-state index in [2.05, 4.69) is 20.8 Å². The lowest BCUT2D eigenvalue weighted by molar-refractivity contribution is -0.114. The molecule has 1 aromatic carbocycles. The Hall–Kier alpha value is -2.63. The van der Waals surface area contributed by atoms with Crippen LogP contribution in [0.3, 0.4) is 0 Å². The Kier molecular flexibility index (Phi) is 5.09. The number of nitrogens with zero attached hydrogens (tertiary/aromatic N) is 2. The number of ether oxygens (including phenoxy) is 1. The van der Waals surface area contributed by atoms with Gasteiger partial charge in [-0.15, -0.1) is 10.2 Å². The standard InChI is InChI=1S/C15H18N4O2/c1-11(20)17-15-8-7-14(18-19-15)16-10-9-12-3-5-13(21-2)6-4-12/h3-8H,9-10H2,1-2H3,(H,16,18)(H,17,19,20). The molecule has 1 aromatic heterocycles. The molecule has 0 bridgehead atoms. The van der Waals surface area contributed by atoms with Crippen molar-refractivity contribution in [2.45, 2.75) is 13.3 Å². The normalized spacial score (nSPS) is 10.0. The Balaban J connectivity index is 1.81. The molecule has 6 nitrogen and oxygen atoms in total. The summed E-state index contributed by atoms with van der Waals surface area (Å²) in [4.78, 5) is 10.9. The van der Waals surface area contributed by atoms with Crippen molar-refractivity contribution in [3.05, 3.63) is 42.0 Å². The van der Waals surface area contributed by atoms with Crippen LogP contribution in [0.1, 0.15) is 12.5 Å². The summed E-state index contributed by atoms with van der Waals surface area (Å²) in [7, 11) is 1.65. The molecule has 1 amide bonds. The predicted molar refractivity (Wildman–Crippen MR) is 81.5 cm³/mol. The van der Waals surface area contributed by atoms with Crippen molar-refractivity contribution in [2.24, 2.45) is 0 Å². The number of hydrogen-bond acceptors (Lipinski definition) is 5. The van der Waals surface area contributed by atoms with E-state index in [1.165, 1.54) is 12.5 Å². The van der Waals surface area contributed by atoms with Gasteiger partial charge in [-0.25, -0.2) is 0 Å². The van der Waals surface area contributed by atoms with Gasteiger partial charge in [-0.2, -0.15) is 0 Å². The Labute approximate surface area is 123 Å². The van der Waals surface area contributed by atoms with E-state index < -0.39 is 0 Å². The minimum Gasteiger partial charge on any atom is -0.497 e. The van der Waals surface area contributed by atoms with Crippen molar-refractivity contribution in [1.29, 1.82) is 0 Å². The number of aromatic nitrogens is 2. The summed E-state index contributed by atoms with van der Waals surface area (Å²) in [6.45, 7) is 2.18. The molecule has 21 heavy (non-hydrogen) atoms. The zero-order valence-corrected chi connectivity index (χ0v) is 12.1. The average Bonchev–Trinajstić information content (AvgIpc) is 2.49. The molecule has 2 aromatic rings. The van der Waals surface area contributed by atoms with Gasteiger partial charge >= 0.3 is 0 Å². The molecule has 0 aliphatic carbocycles. The molecule has 0 fully saturated rings. The average molecular weight is 286 g/mol. The third-order valence-electron chi connectivity index (χ3n) is 2.85. The maximum absolute atomic E-state index is 10.9. The molecule has 2 N–H and O–H groups in total. The second-order valence-electron chi connectivity index (χ2n) is 4.51. The first kappa shape index (κ1) is 14.8. The molecule has 6 heteroatoms. The van der Waals surface area contributed by atoms with Crippen LogP contribution < -0.4 is 15.4 Å². The Morgan fingerprint density at radius 3 is 2.33 bits per heavy atom. The molecule has 1 heterocycles. The lowest BCUT2D eigenvalue weighted by Gasteiger charge is -2.06. The minimum atomic E-state index is -0.162. The SMILES string of the molecule is COc1ccc(CCNc2ccc(NC(C)=O)nn2)cc1. The van der Waals surface area contributed by atoms with Crippen LogP contribution in [0, 0.1) is 0 Å². The summed E-state index contributed by atoms with van der Waals surface area (Å²) >= 11 is 0. The number of hydrogen-bond donors (Lipinski definition) is 2. The van der Waals surface area contributed by atoms with E-state index in [0.29, 0.717) is 11.6 Å². The Morgan fingerprint density at radius 2 is 1.76 bits per heavy atom. The minimum absolute atomic E-state index is 0.162. The number of carbonyl (C=O) groups is 1. The molecular formula is C15H18N4O2. The van der Waals surface area contributed by atoms with Gasteiger partial charge in [0, 0.05) is 13.5 Å². The van der Waals surface area contributed by atoms with Gasteiger partial charge in [-0.1, -0.05) is 12.1 Å². The first-order valence-corrected chi connectivity index (χ1v) is 6.65. The second-order valence-corrected chi connectivity index (χ2v) is 4.51. The van der Waals surface area contributed by atoms with Crippen LogP contribution in [-0.4, -0.2) is 29.8 Å². The van der Waals surface area contributed by atoms with Gasteiger partial charge in [0.05, 0.1) is 7.11 Å². The number of rotatable bonds is 6. The lowest BCUT2D eigenvalue weighted by atomic mass is 10.1. The van der Waals surface area contributed by atoms with E-state index in [0.717, 1.165) is 18.7 Å². The maximum atomic E-state index is 10.9. The number of nitrogens with one attached hydrogen (secondary N) is 2. The van der Waals surface area contributed by atoms with Crippen LogP contribution in [0.2, 0.25) is 0 Å². The van der Waals surface area contributed by atoms with Crippen LogP contribution >= 0.6 is 0 Å². The number of methoxy groups -OCH3 is 1. The highest BCUT2D eigenvalue weighted by Gasteiger charge is 2.00. The first-order chi connectivity index (χ1) is 10.2. The van der Waals surface area contributed by atoms with Gasteiger partial charge in [-0.05, 0) is 36.2 Å². The molecular weight excluding hydrogens is 268 g/mol. The topological polar surface area (TPSA) is 76.1 Å². The third kappa shape index (κ3) is 4.76. The van der Waals surface area contributed by atoms with Gasteiger partial charge in [-0.3, -0.25) is 4.79 Å². The molecule has 0 saturated carbocycles. The van der Waals surface area contributed by atoms with Gasteiger partial charge in [0.1, 0.15) is 11.6 Å². The Bertz CT molecular complexity index is 582. The highest BCUT2D eigenvalue weighted by molar-refractivity contribution is 5.87. The third-order valence-corrected chi connectivity index (χ3v) is 2.85. The molecule has 0 aliphatic rings. The number of amides is 1. The molecule has 2 rings (SSSR count). The lowest BCUT2D eigenvalue weighted by Crippen LogP contribution is -2.10. The quantitative estimate of drug-likeness (QED) is 0.850. The van der Waals surface area contributed by atoms with Crippen LogP contribution in [0.4, 0.5) is 11.6 Å². The van der Waals surface area contributed by atoms with Crippen molar-refractivity contribution in [1.82, 2.24) is 10.2 Å². The summed E-state index contributed by atoms with van der Waals surface area (Å²) < 4.78 is 5.12. The van der Waals surface area contributed by atoms with Gasteiger partial charge < -0.3 is 15.4 Å². The van der Waals surface area contributed by atoms with E-state index >= 15 is 0 Å². The number of benzene rings is 1. The van der Waals surface area contributed by atoms with Crippen molar-refractivity contribution in [2.75, 3.05) is 24.3 Å². The van der Waals surface area contributed by atoms with Crippen LogP contribution in [0.25, 0.3) is 0 Å². The smallest absolute Gasteiger partial charge is 0.222 e. The van der Waals surface area contributed by atoms with Crippen molar-refractivity contribution < 1.29 is 9.53 Å². The van der Waals surface area contributed by atoms with E-state index in [1.54, 1.807) is 19.2 Å².